The van der Waals surface area contributed by atoms with Crippen molar-refractivity contribution in [3.05, 3.63) is 65.4 Å². The molecule has 2 aromatic carbocycles. The largest absolute Gasteiger partial charge is 0.454 e. The van der Waals surface area contributed by atoms with Crippen molar-refractivity contribution in [3.63, 3.8) is 0 Å². The Morgan fingerprint density at radius 2 is 1.86 bits per heavy atom. The van der Waals surface area contributed by atoms with Crippen molar-refractivity contribution >= 4 is 16.7 Å². The first-order valence-electron chi connectivity index (χ1n) is 7.02. The van der Waals surface area contributed by atoms with Crippen LogP contribution in [0.4, 0.5) is 0 Å². The second-order valence-corrected chi connectivity index (χ2v) is 5.29. The summed E-state index contributed by atoms with van der Waals surface area (Å²) in [7, 11) is 0. The van der Waals surface area contributed by atoms with E-state index in [9.17, 15) is 4.79 Å². The smallest absolute Gasteiger partial charge is 0.231 e. The Balaban J connectivity index is 1.74. The fraction of sp³-hybridized carbons (Fsp3) is 0.111. The summed E-state index contributed by atoms with van der Waals surface area (Å²) in [5, 5.41) is 1.03. The molecule has 4 heteroatoms. The summed E-state index contributed by atoms with van der Waals surface area (Å²) >= 11 is 0. The molecule has 0 saturated heterocycles. The molecule has 0 fully saturated rings. The van der Waals surface area contributed by atoms with Crippen LogP contribution in [0.1, 0.15) is 21.6 Å². The number of pyridine rings is 1. The second kappa shape index (κ2) is 4.84. The number of carbonyl (C=O) groups is 1. The van der Waals surface area contributed by atoms with Gasteiger partial charge in [0, 0.05) is 10.9 Å². The molecular weight excluding hydrogens is 278 g/mol. The quantitative estimate of drug-likeness (QED) is 0.678. The van der Waals surface area contributed by atoms with Crippen molar-refractivity contribution < 1.29 is 14.3 Å². The summed E-state index contributed by atoms with van der Waals surface area (Å²) in [6, 6.07) is 14.8. The molecule has 0 spiro atoms. The third kappa shape index (κ3) is 2.09. The molecule has 0 atom stereocenters. The lowest BCUT2D eigenvalue weighted by atomic mass is 10.1. The Morgan fingerprint density at radius 3 is 2.77 bits per heavy atom. The molecule has 0 radical (unpaired) electrons. The van der Waals surface area contributed by atoms with E-state index in [0.717, 1.165) is 10.9 Å². The van der Waals surface area contributed by atoms with Crippen molar-refractivity contribution in [3.8, 4) is 11.5 Å². The maximum absolute atomic E-state index is 12.6. The number of hydrogen-bond acceptors (Lipinski definition) is 4. The van der Waals surface area contributed by atoms with Gasteiger partial charge in [-0.05, 0) is 43.3 Å². The van der Waals surface area contributed by atoms with Gasteiger partial charge in [0.15, 0.2) is 11.5 Å². The van der Waals surface area contributed by atoms with Crippen LogP contribution in [0.25, 0.3) is 10.9 Å². The first kappa shape index (κ1) is 12.8. The average Bonchev–Trinajstić information content (AvgIpc) is 3.01. The molecule has 1 aliphatic rings. The highest BCUT2D eigenvalue weighted by atomic mass is 16.7. The molecule has 0 saturated carbocycles. The molecule has 4 rings (SSSR count). The van der Waals surface area contributed by atoms with Gasteiger partial charge in [-0.15, -0.1) is 0 Å². The van der Waals surface area contributed by atoms with Gasteiger partial charge in [0.2, 0.25) is 12.6 Å². The Labute approximate surface area is 127 Å². The molecule has 0 bridgehead atoms. The molecule has 3 aromatic rings. The summed E-state index contributed by atoms with van der Waals surface area (Å²) in [5.41, 5.74) is 2.96. The molecule has 0 N–H and O–H groups in total. The zero-order valence-electron chi connectivity index (χ0n) is 12.0. The van der Waals surface area contributed by atoms with Crippen molar-refractivity contribution in [2.24, 2.45) is 0 Å². The van der Waals surface area contributed by atoms with E-state index >= 15 is 0 Å². The minimum atomic E-state index is -0.124. The highest BCUT2D eigenvalue weighted by Crippen LogP contribution is 2.33. The average molecular weight is 291 g/mol. The zero-order chi connectivity index (χ0) is 15.1. The summed E-state index contributed by atoms with van der Waals surface area (Å²) in [6.45, 7) is 2.23. The van der Waals surface area contributed by atoms with Crippen LogP contribution in [0.5, 0.6) is 11.5 Å². The molecule has 108 valence electrons. The maximum atomic E-state index is 12.6. The number of nitrogens with zero attached hydrogens (tertiary/aromatic N) is 1. The molecular formula is C18H13NO3. The van der Waals surface area contributed by atoms with E-state index < -0.39 is 0 Å². The number of ketones is 1. The number of aromatic nitrogens is 1. The molecule has 2 heterocycles. The van der Waals surface area contributed by atoms with Crippen LogP contribution in [0.15, 0.2) is 48.5 Å². The lowest BCUT2D eigenvalue weighted by Gasteiger charge is -2.04. The monoisotopic (exact) mass is 291 g/mol. The normalized spacial score (nSPS) is 12.6. The molecule has 1 aromatic heterocycles. The predicted octanol–water partition coefficient (Wildman–Crippen LogP) is 3.50. The number of ether oxygens (including phenoxy) is 2. The molecule has 0 unspecified atom stereocenters. The first-order chi connectivity index (χ1) is 10.7. The number of rotatable bonds is 2. The number of benzene rings is 2. The van der Waals surface area contributed by atoms with Gasteiger partial charge in [0.25, 0.3) is 0 Å². The fourth-order valence-corrected chi connectivity index (χ4v) is 2.56. The zero-order valence-corrected chi connectivity index (χ0v) is 12.0. The van der Waals surface area contributed by atoms with Crippen LogP contribution in [0.2, 0.25) is 0 Å². The topological polar surface area (TPSA) is 48.4 Å². The van der Waals surface area contributed by atoms with E-state index in [2.05, 4.69) is 11.1 Å². The Kier molecular flexibility index (Phi) is 2.82. The predicted molar refractivity (Wildman–Crippen MR) is 82.5 cm³/mol. The van der Waals surface area contributed by atoms with Crippen molar-refractivity contribution in [1.82, 2.24) is 4.98 Å². The van der Waals surface area contributed by atoms with Gasteiger partial charge >= 0.3 is 0 Å². The molecule has 0 aliphatic carbocycles. The summed E-state index contributed by atoms with van der Waals surface area (Å²) in [6.07, 6.45) is 0. The van der Waals surface area contributed by atoms with Gasteiger partial charge in [-0.2, -0.15) is 0 Å². The minimum absolute atomic E-state index is 0.124. The second-order valence-electron chi connectivity index (χ2n) is 5.29. The van der Waals surface area contributed by atoms with Gasteiger partial charge in [-0.3, -0.25) is 4.79 Å². The van der Waals surface area contributed by atoms with Crippen LogP contribution in [-0.2, 0) is 0 Å². The standard InChI is InChI=1S/C18H13NO3/c1-11-2-5-14-12(8-11)3-6-15(19-14)18(20)13-4-7-16-17(9-13)22-10-21-16/h2-9H,10H2,1H3. The van der Waals surface area contributed by atoms with E-state index in [1.807, 2.05) is 25.1 Å². The van der Waals surface area contributed by atoms with Crippen molar-refractivity contribution in [1.29, 1.82) is 0 Å². The van der Waals surface area contributed by atoms with Crippen LogP contribution >= 0.6 is 0 Å². The van der Waals surface area contributed by atoms with E-state index in [0.29, 0.717) is 22.8 Å². The SMILES string of the molecule is Cc1ccc2nc(C(=O)c3ccc4c(c3)OCO4)ccc2c1. The Morgan fingerprint density at radius 1 is 1.00 bits per heavy atom. The highest BCUT2D eigenvalue weighted by Gasteiger charge is 2.18. The minimum Gasteiger partial charge on any atom is -0.454 e. The third-order valence-electron chi connectivity index (χ3n) is 3.71. The van der Waals surface area contributed by atoms with Crippen molar-refractivity contribution in [2.45, 2.75) is 6.92 Å². The van der Waals surface area contributed by atoms with E-state index in [1.165, 1.54) is 5.56 Å². The third-order valence-corrected chi connectivity index (χ3v) is 3.71. The summed E-state index contributed by atoms with van der Waals surface area (Å²) in [5.74, 6) is 1.14. The van der Waals surface area contributed by atoms with E-state index in [-0.39, 0.29) is 12.6 Å². The van der Waals surface area contributed by atoms with Gasteiger partial charge < -0.3 is 9.47 Å². The van der Waals surface area contributed by atoms with Crippen molar-refractivity contribution in [2.75, 3.05) is 6.79 Å². The van der Waals surface area contributed by atoms with E-state index in [4.69, 9.17) is 9.47 Å². The van der Waals surface area contributed by atoms with Gasteiger partial charge in [-0.1, -0.05) is 17.7 Å². The van der Waals surface area contributed by atoms with Crippen LogP contribution in [0.3, 0.4) is 0 Å². The molecule has 1 aliphatic heterocycles. The van der Waals surface area contributed by atoms with Crippen LogP contribution < -0.4 is 9.47 Å². The van der Waals surface area contributed by atoms with Gasteiger partial charge in [0.05, 0.1) is 5.52 Å². The van der Waals surface area contributed by atoms with Crippen LogP contribution in [-0.4, -0.2) is 17.6 Å². The number of carbonyl (C=O) groups excluding carboxylic acids is 1. The number of hydrogen-bond donors (Lipinski definition) is 0. The summed E-state index contributed by atoms with van der Waals surface area (Å²) < 4.78 is 10.6. The lowest BCUT2D eigenvalue weighted by molar-refractivity contribution is 0.103. The number of fused-ring (bicyclic) bond motifs is 2. The first-order valence-corrected chi connectivity index (χ1v) is 7.02. The molecule has 4 nitrogen and oxygen atoms in total. The van der Waals surface area contributed by atoms with Gasteiger partial charge in [-0.25, -0.2) is 4.98 Å². The summed E-state index contributed by atoms with van der Waals surface area (Å²) in [4.78, 5) is 17.1. The molecule has 0 amide bonds. The maximum Gasteiger partial charge on any atom is 0.231 e. The Hall–Kier alpha value is -2.88. The van der Waals surface area contributed by atoms with Gasteiger partial charge in [0.1, 0.15) is 5.69 Å². The lowest BCUT2D eigenvalue weighted by Crippen LogP contribution is -2.04. The van der Waals surface area contributed by atoms with E-state index in [1.54, 1.807) is 24.3 Å². The fourth-order valence-electron chi connectivity index (χ4n) is 2.56. The highest BCUT2D eigenvalue weighted by molar-refractivity contribution is 6.09. The molecule has 22 heavy (non-hydrogen) atoms. The Bertz CT molecular complexity index is 902. The number of aryl methyl sites for hydroxylation is 1. The van der Waals surface area contributed by atoms with Crippen LogP contribution in [0, 0.1) is 6.92 Å².